The molecular weight excluding hydrogens is 817 g/mol. The van der Waals surface area contributed by atoms with Gasteiger partial charge >= 0.3 is 17.9 Å². The van der Waals surface area contributed by atoms with E-state index in [0.29, 0.717) is 19.3 Å². The Morgan fingerprint density at radius 2 is 0.606 bits per heavy atom. The summed E-state index contributed by atoms with van der Waals surface area (Å²) in [7, 11) is 0. The Balaban J connectivity index is 4.42. The third-order valence-electron chi connectivity index (χ3n) is 11.6. The molecule has 0 saturated heterocycles. The highest BCUT2D eigenvalue weighted by Crippen LogP contribution is 2.15. The molecular formula is C60H102O6. The Bertz CT molecular complexity index is 1290. The second kappa shape index (κ2) is 54.2. The largest absolute Gasteiger partial charge is 0.462 e. The highest BCUT2D eigenvalue weighted by atomic mass is 16.6. The SMILES string of the molecule is CC/C=C\C/C=C\C/C=C\C/C=C\C/C=C\C/C=C\CCCCC(=O)OCC(COC(=O)CCCCCCC/C=C\CCCC)OC(=O)CCCCCCCCCCCCCCCCCC. The molecule has 0 bridgehead atoms. The van der Waals surface area contributed by atoms with Crippen LogP contribution in [-0.2, 0) is 28.6 Å². The van der Waals surface area contributed by atoms with Crippen molar-refractivity contribution in [2.45, 2.75) is 264 Å². The molecule has 0 aromatic carbocycles. The molecule has 0 saturated carbocycles. The lowest BCUT2D eigenvalue weighted by Gasteiger charge is -2.18. The smallest absolute Gasteiger partial charge is 0.306 e. The Hall–Kier alpha value is -3.41. The van der Waals surface area contributed by atoms with E-state index < -0.39 is 6.10 Å². The first-order valence-electron chi connectivity index (χ1n) is 27.6. The second-order valence-electron chi connectivity index (χ2n) is 18.1. The maximum Gasteiger partial charge on any atom is 0.306 e. The van der Waals surface area contributed by atoms with E-state index in [0.717, 1.165) is 103 Å². The number of hydrogen-bond acceptors (Lipinski definition) is 6. The summed E-state index contributed by atoms with van der Waals surface area (Å²) in [4.78, 5) is 38.0. The van der Waals surface area contributed by atoms with Gasteiger partial charge < -0.3 is 14.2 Å². The topological polar surface area (TPSA) is 78.9 Å². The fourth-order valence-corrected chi connectivity index (χ4v) is 7.49. The highest BCUT2D eigenvalue weighted by Gasteiger charge is 2.19. The fourth-order valence-electron chi connectivity index (χ4n) is 7.49. The van der Waals surface area contributed by atoms with E-state index in [1.165, 1.54) is 116 Å². The lowest BCUT2D eigenvalue weighted by atomic mass is 10.0. The summed E-state index contributed by atoms with van der Waals surface area (Å²) in [6.45, 7) is 6.45. The summed E-state index contributed by atoms with van der Waals surface area (Å²) in [5.74, 6) is -0.943. The van der Waals surface area contributed by atoms with Gasteiger partial charge in [-0.1, -0.05) is 234 Å². The summed E-state index contributed by atoms with van der Waals surface area (Å²) >= 11 is 0. The monoisotopic (exact) mass is 919 g/mol. The van der Waals surface area contributed by atoms with Gasteiger partial charge in [0.15, 0.2) is 6.10 Å². The van der Waals surface area contributed by atoms with Crippen LogP contribution in [0.5, 0.6) is 0 Å². The normalized spacial score (nSPS) is 12.7. The Labute approximate surface area is 407 Å². The molecule has 0 rings (SSSR count). The van der Waals surface area contributed by atoms with Gasteiger partial charge in [-0.15, -0.1) is 0 Å². The molecule has 1 unspecified atom stereocenters. The molecule has 0 radical (unpaired) electrons. The van der Waals surface area contributed by atoms with Crippen molar-refractivity contribution in [3.63, 3.8) is 0 Å². The summed E-state index contributed by atoms with van der Waals surface area (Å²) in [6, 6.07) is 0. The zero-order valence-electron chi connectivity index (χ0n) is 43.2. The first-order chi connectivity index (χ1) is 32.5. The molecule has 0 spiro atoms. The quantitative estimate of drug-likeness (QED) is 0.0262. The van der Waals surface area contributed by atoms with E-state index in [1.54, 1.807) is 0 Å². The van der Waals surface area contributed by atoms with E-state index in [2.05, 4.69) is 106 Å². The Morgan fingerprint density at radius 1 is 0.318 bits per heavy atom. The molecule has 6 heteroatoms. The summed E-state index contributed by atoms with van der Waals surface area (Å²) in [5, 5.41) is 0. The van der Waals surface area contributed by atoms with Crippen LogP contribution in [0.3, 0.4) is 0 Å². The van der Waals surface area contributed by atoms with Crippen molar-refractivity contribution in [2.24, 2.45) is 0 Å². The van der Waals surface area contributed by atoms with Crippen LogP contribution < -0.4 is 0 Å². The molecule has 0 aliphatic heterocycles. The van der Waals surface area contributed by atoms with Gasteiger partial charge in [0.05, 0.1) is 0 Å². The van der Waals surface area contributed by atoms with Crippen molar-refractivity contribution in [3.8, 4) is 0 Å². The first-order valence-corrected chi connectivity index (χ1v) is 27.6. The van der Waals surface area contributed by atoms with Gasteiger partial charge in [0.1, 0.15) is 13.2 Å². The number of carbonyl (C=O) groups excluding carboxylic acids is 3. The van der Waals surface area contributed by atoms with Crippen LogP contribution in [0.25, 0.3) is 0 Å². The summed E-state index contributed by atoms with van der Waals surface area (Å²) in [5.41, 5.74) is 0. The molecule has 0 aromatic rings. The minimum Gasteiger partial charge on any atom is -0.462 e. The maximum absolute atomic E-state index is 12.8. The van der Waals surface area contributed by atoms with Gasteiger partial charge in [0.2, 0.25) is 0 Å². The van der Waals surface area contributed by atoms with Crippen molar-refractivity contribution in [3.05, 3.63) is 85.1 Å². The summed E-state index contributed by atoms with van der Waals surface area (Å²) in [6.07, 6.45) is 70.0. The minimum absolute atomic E-state index is 0.0934. The van der Waals surface area contributed by atoms with E-state index in [1.807, 2.05) is 0 Å². The van der Waals surface area contributed by atoms with Crippen molar-refractivity contribution in [1.29, 1.82) is 0 Å². The van der Waals surface area contributed by atoms with Gasteiger partial charge in [-0.25, -0.2) is 0 Å². The molecule has 0 heterocycles. The average molecular weight is 919 g/mol. The van der Waals surface area contributed by atoms with Gasteiger partial charge in [0, 0.05) is 19.3 Å². The molecule has 1 atom stereocenters. The number of rotatable bonds is 49. The van der Waals surface area contributed by atoms with Gasteiger partial charge in [0.25, 0.3) is 0 Å². The molecule has 378 valence electrons. The maximum atomic E-state index is 12.8. The predicted molar refractivity (Wildman–Crippen MR) is 284 cm³/mol. The molecule has 66 heavy (non-hydrogen) atoms. The van der Waals surface area contributed by atoms with E-state index in [-0.39, 0.29) is 31.1 Å². The van der Waals surface area contributed by atoms with Crippen LogP contribution in [0.2, 0.25) is 0 Å². The average Bonchev–Trinajstić information content (AvgIpc) is 3.31. The highest BCUT2D eigenvalue weighted by molar-refractivity contribution is 5.71. The zero-order chi connectivity index (χ0) is 47.9. The van der Waals surface area contributed by atoms with Crippen LogP contribution in [0, 0.1) is 0 Å². The van der Waals surface area contributed by atoms with Crippen LogP contribution in [-0.4, -0.2) is 37.2 Å². The third-order valence-corrected chi connectivity index (χ3v) is 11.6. The van der Waals surface area contributed by atoms with Crippen molar-refractivity contribution in [2.75, 3.05) is 13.2 Å². The van der Waals surface area contributed by atoms with Crippen LogP contribution in [0.4, 0.5) is 0 Å². The van der Waals surface area contributed by atoms with Gasteiger partial charge in [-0.2, -0.15) is 0 Å². The molecule has 0 aliphatic carbocycles. The minimum atomic E-state index is -0.796. The third kappa shape index (κ3) is 51.6. The van der Waals surface area contributed by atoms with Crippen molar-refractivity contribution in [1.82, 2.24) is 0 Å². The predicted octanol–water partition coefficient (Wildman–Crippen LogP) is 18.4. The zero-order valence-corrected chi connectivity index (χ0v) is 43.2. The number of esters is 3. The van der Waals surface area contributed by atoms with Crippen molar-refractivity contribution >= 4 is 17.9 Å². The standard InChI is InChI=1S/C60H102O6/c1-4-7-10-13-16-19-22-24-26-28-29-30-31-32-34-35-38-41-44-47-50-53-59(62)65-56-57(55-64-58(61)52-49-46-43-40-37-21-18-15-12-9-6-3)66-60(63)54-51-48-45-42-39-36-33-27-25-23-20-17-14-11-8-5-2/h7,10,15-16,18-19,24,26,29-30,32,34,38,41,57H,4-6,8-9,11-14,17,20-23,25,27-28,31,33,35-37,39-40,42-56H2,1-3H3/b10-7-,18-15-,19-16-,26-24-,30-29-,34-32-,41-38-. The lowest BCUT2D eigenvalue weighted by molar-refractivity contribution is -0.167. The van der Waals surface area contributed by atoms with E-state index in [9.17, 15) is 14.4 Å². The van der Waals surface area contributed by atoms with Crippen LogP contribution >= 0.6 is 0 Å². The van der Waals surface area contributed by atoms with Gasteiger partial charge in [-0.05, 0) is 89.9 Å². The van der Waals surface area contributed by atoms with Crippen molar-refractivity contribution < 1.29 is 28.6 Å². The lowest BCUT2D eigenvalue weighted by Crippen LogP contribution is -2.30. The van der Waals surface area contributed by atoms with Crippen LogP contribution in [0.1, 0.15) is 258 Å². The number of ether oxygens (including phenoxy) is 3. The molecule has 0 amide bonds. The number of unbranched alkanes of at least 4 members (excludes halogenated alkanes) is 24. The summed E-state index contributed by atoms with van der Waals surface area (Å²) < 4.78 is 16.8. The molecule has 6 nitrogen and oxygen atoms in total. The number of hydrogen-bond donors (Lipinski definition) is 0. The Morgan fingerprint density at radius 3 is 1.02 bits per heavy atom. The fraction of sp³-hybridized carbons (Fsp3) is 0.717. The van der Waals surface area contributed by atoms with Crippen LogP contribution in [0.15, 0.2) is 85.1 Å². The van der Waals surface area contributed by atoms with Gasteiger partial charge in [-0.3, -0.25) is 14.4 Å². The molecule has 0 N–H and O–H groups in total. The molecule has 0 aliphatic rings. The van der Waals surface area contributed by atoms with E-state index in [4.69, 9.17) is 14.2 Å². The Kier molecular flexibility index (Phi) is 51.4. The molecule has 0 fully saturated rings. The van der Waals surface area contributed by atoms with E-state index >= 15 is 0 Å². The number of allylic oxidation sites excluding steroid dienone is 14. The first kappa shape index (κ1) is 62.6. The second-order valence-corrected chi connectivity index (χ2v) is 18.1. The molecule has 0 aromatic heterocycles. The number of carbonyl (C=O) groups is 3.